The number of fused-ring (bicyclic) bond motifs is 1. The van der Waals surface area contributed by atoms with Gasteiger partial charge in [-0.3, -0.25) is 4.79 Å². The number of para-hydroxylation sites is 1. The molecule has 1 heterocycles. The number of primary amides is 1. The molecule has 0 spiro atoms. The molecule has 2 N–H and O–H groups in total. The van der Waals surface area contributed by atoms with Crippen molar-refractivity contribution in [2.45, 2.75) is 13.5 Å². The molecule has 0 fully saturated rings. The molecular weight excluding hydrogens is 224 g/mol. The van der Waals surface area contributed by atoms with Gasteiger partial charge in [0, 0.05) is 17.5 Å². The maximum Gasteiger partial charge on any atom is 0.283 e. The molecule has 84 valence electrons. The number of amides is 1. The average molecular weight is 237 g/mol. The van der Waals surface area contributed by atoms with Crippen LogP contribution in [0.25, 0.3) is 10.9 Å². The van der Waals surface area contributed by atoms with Crippen LogP contribution in [0.5, 0.6) is 0 Å². The van der Waals surface area contributed by atoms with Crippen LogP contribution in [0.1, 0.15) is 5.56 Å². The topological polar surface area (TPSA) is 47.0 Å². The molecule has 16 heavy (non-hydrogen) atoms. The lowest BCUT2D eigenvalue weighted by Gasteiger charge is -2.01. The summed E-state index contributed by atoms with van der Waals surface area (Å²) in [5.41, 5.74) is 7.43. The fourth-order valence-electron chi connectivity index (χ4n) is 1.74. The Bertz CT molecular complexity index is 525. The molecule has 3 nitrogen and oxygen atoms in total. The van der Waals surface area contributed by atoms with E-state index < -0.39 is 0 Å². The standard InChI is InChI=1S/C12H12N2O.ClH/c1-9-6-7-14(8-12(13)15)11-5-3-2-4-10(9)11;/h2-7H,8H2,1H3,(H-,13,15);1H. The van der Waals surface area contributed by atoms with Crippen LogP contribution in [-0.4, -0.2) is 5.91 Å². The number of hydrogen-bond acceptors (Lipinski definition) is 1. The van der Waals surface area contributed by atoms with Gasteiger partial charge in [-0.25, -0.2) is 0 Å². The third-order valence-electron chi connectivity index (χ3n) is 2.47. The first-order chi connectivity index (χ1) is 7.18. The van der Waals surface area contributed by atoms with Crippen LogP contribution >= 0.6 is 0 Å². The lowest BCUT2D eigenvalue weighted by atomic mass is 10.1. The van der Waals surface area contributed by atoms with Crippen LogP contribution in [0.4, 0.5) is 0 Å². The first kappa shape index (κ1) is 12.5. The fourth-order valence-corrected chi connectivity index (χ4v) is 1.74. The Labute approximate surface area is 100 Å². The minimum Gasteiger partial charge on any atom is -1.00 e. The van der Waals surface area contributed by atoms with Crippen molar-refractivity contribution in [3.8, 4) is 0 Å². The third-order valence-corrected chi connectivity index (χ3v) is 2.47. The van der Waals surface area contributed by atoms with Crippen molar-refractivity contribution in [3.63, 3.8) is 0 Å². The highest BCUT2D eigenvalue weighted by Crippen LogP contribution is 2.13. The van der Waals surface area contributed by atoms with Crippen LogP contribution in [0.2, 0.25) is 0 Å². The van der Waals surface area contributed by atoms with Crippen LogP contribution in [0.15, 0.2) is 36.5 Å². The summed E-state index contributed by atoms with van der Waals surface area (Å²) in [4.78, 5) is 10.9. The van der Waals surface area contributed by atoms with Crippen molar-refractivity contribution in [3.05, 3.63) is 42.1 Å². The van der Waals surface area contributed by atoms with Crippen LogP contribution in [0.3, 0.4) is 0 Å². The Kier molecular flexibility index (Phi) is 3.85. The predicted molar refractivity (Wildman–Crippen MR) is 58.1 cm³/mol. The Morgan fingerprint density at radius 2 is 2.00 bits per heavy atom. The molecule has 0 radical (unpaired) electrons. The summed E-state index contributed by atoms with van der Waals surface area (Å²) < 4.78 is 1.87. The maximum absolute atomic E-state index is 10.9. The summed E-state index contributed by atoms with van der Waals surface area (Å²) in [6.45, 7) is 2.28. The molecule has 1 aromatic heterocycles. The maximum atomic E-state index is 10.9. The van der Waals surface area contributed by atoms with E-state index in [1.165, 1.54) is 5.56 Å². The van der Waals surface area contributed by atoms with Gasteiger partial charge in [0.2, 0.25) is 12.1 Å². The summed E-state index contributed by atoms with van der Waals surface area (Å²) in [6, 6.07) is 9.97. The number of aryl methyl sites for hydroxylation is 1. The van der Waals surface area contributed by atoms with Crippen LogP contribution in [0, 0.1) is 6.92 Å². The molecule has 2 aromatic rings. The number of pyridine rings is 1. The minimum absolute atomic E-state index is 0. The summed E-state index contributed by atoms with van der Waals surface area (Å²) >= 11 is 0. The van der Waals surface area contributed by atoms with Crippen molar-refractivity contribution < 1.29 is 21.8 Å². The Hall–Kier alpha value is -1.61. The molecule has 4 heteroatoms. The molecule has 1 aromatic carbocycles. The van der Waals surface area contributed by atoms with Gasteiger partial charge in [-0.2, -0.15) is 4.57 Å². The summed E-state index contributed by atoms with van der Waals surface area (Å²) in [5.74, 6) is -0.325. The normalized spacial score (nSPS) is 9.81. The molecule has 0 aliphatic heterocycles. The Morgan fingerprint density at radius 3 is 2.69 bits per heavy atom. The Balaban J connectivity index is 0.00000128. The van der Waals surface area contributed by atoms with Gasteiger partial charge in [0.1, 0.15) is 0 Å². The monoisotopic (exact) mass is 236 g/mol. The number of halogens is 1. The summed E-state index contributed by atoms with van der Waals surface area (Å²) in [7, 11) is 0. The fraction of sp³-hybridized carbons (Fsp3) is 0.167. The lowest BCUT2D eigenvalue weighted by Crippen LogP contribution is -3.00. The van der Waals surface area contributed by atoms with Gasteiger partial charge in [0.25, 0.3) is 5.91 Å². The van der Waals surface area contributed by atoms with Gasteiger partial charge in [0.15, 0.2) is 6.20 Å². The number of benzene rings is 1. The van der Waals surface area contributed by atoms with E-state index in [4.69, 9.17) is 5.73 Å². The minimum atomic E-state index is -0.325. The van der Waals surface area contributed by atoms with Gasteiger partial charge in [-0.15, -0.1) is 0 Å². The molecule has 0 saturated carbocycles. The van der Waals surface area contributed by atoms with Crippen molar-refractivity contribution in [2.75, 3.05) is 0 Å². The molecule has 0 aliphatic carbocycles. The first-order valence-electron chi connectivity index (χ1n) is 4.84. The molecule has 1 amide bonds. The number of carbonyl (C=O) groups excluding carboxylic acids is 1. The molecule has 0 bridgehead atoms. The second-order valence-corrected chi connectivity index (χ2v) is 3.61. The van der Waals surface area contributed by atoms with Gasteiger partial charge >= 0.3 is 0 Å². The van der Waals surface area contributed by atoms with Crippen molar-refractivity contribution in [2.24, 2.45) is 5.73 Å². The highest BCUT2D eigenvalue weighted by molar-refractivity contribution is 5.79. The van der Waals surface area contributed by atoms with Crippen molar-refractivity contribution in [1.29, 1.82) is 0 Å². The van der Waals surface area contributed by atoms with E-state index in [0.717, 1.165) is 10.9 Å². The van der Waals surface area contributed by atoms with E-state index in [1.807, 2.05) is 41.1 Å². The number of nitrogens with two attached hydrogens (primary N) is 1. The highest BCUT2D eigenvalue weighted by atomic mass is 35.5. The SMILES string of the molecule is Cc1cc[n+](CC(N)=O)c2ccccc12.[Cl-]. The smallest absolute Gasteiger partial charge is 0.283 e. The van der Waals surface area contributed by atoms with Gasteiger partial charge in [0.05, 0.1) is 0 Å². The summed E-state index contributed by atoms with van der Waals surface area (Å²) in [6.07, 6.45) is 1.89. The third kappa shape index (κ3) is 2.31. The first-order valence-corrected chi connectivity index (χ1v) is 4.84. The molecule has 0 aliphatic rings. The van der Waals surface area contributed by atoms with E-state index in [2.05, 4.69) is 6.92 Å². The zero-order valence-electron chi connectivity index (χ0n) is 8.98. The molecule has 0 atom stereocenters. The zero-order chi connectivity index (χ0) is 10.8. The van der Waals surface area contributed by atoms with Crippen LogP contribution < -0.4 is 22.7 Å². The molecular formula is C12H13ClN2O. The highest BCUT2D eigenvalue weighted by Gasteiger charge is 2.11. The van der Waals surface area contributed by atoms with E-state index in [0.29, 0.717) is 0 Å². The van der Waals surface area contributed by atoms with Gasteiger partial charge in [-0.05, 0) is 18.6 Å². The zero-order valence-corrected chi connectivity index (χ0v) is 9.74. The number of rotatable bonds is 2. The van der Waals surface area contributed by atoms with Crippen molar-refractivity contribution >= 4 is 16.8 Å². The number of hydrogen-bond donors (Lipinski definition) is 1. The molecule has 2 rings (SSSR count). The second-order valence-electron chi connectivity index (χ2n) is 3.61. The number of aromatic nitrogens is 1. The van der Waals surface area contributed by atoms with Crippen molar-refractivity contribution in [1.82, 2.24) is 0 Å². The number of nitrogens with zero attached hydrogens (tertiary/aromatic N) is 1. The van der Waals surface area contributed by atoms with E-state index >= 15 is 0 Å². The van der Waals surface area contributed by atoms with Gasteiger partial charge < -0.3 is 18.1 Å². The molecule has 0 saturated heterocycles. The second kappa shape index (κ2) is 4.94. The van der Waals surface area contributed by atoms with E-state index in [1.54, 1.807) is 0 Å². The Morgan fingerprint density at radius 1 is 1.31 bits per heavy atom. The average Bonchev–Trinajstić information content (AvgIpc) is 2.22. The van der Waals surface area contributed by atoms with E-state index in [9.17, 15) is 4.79 Å². The predicted octanol–water partition coefficient (Wildman–Crippen LogP) is -2.07. The van der Waals surface area contributed by atoms with Gasteiger partial charge in [-0.1, -0.05) is 12.1 Å². The van der Waals surface area contributed by atoms with E-state index in [-0.39, 0.29) is 24.9 Å². The van der Waals surface area contributed by atoms with Crippen LogP contribution in [-0.2, 0) is 11.3 Å². The summed E-state index contributed by atoms with van der Waals surface area (Å²) in [5, 5.41) is 1.15. The quantitative estimate of drug-likeness (QED) is 0.599. The number of carbonyl (C=O) groups is 1. The molecule has 0 unspecified atom stereocenters. The lowest BCUT2D eigenvalue weighted by molar-refractivity contribution is -0.658. The largest absolute Gasteiger partial charge is 1.00 e.